The van der Waals surface area contributed by atoms with Crippen LogP contribution in [-0.4, -0.2) is 0 Å². The van der Waals surface area contributed by atoms with Crippen LogP contribution in [0.25, 0.3) is 5.57 Å². The van der Waals surface area contributed by atoms with E-state index in [0.29, 0.717) is 0 Å². The molecule has 0 saturated carbocycles. The third-order valence-electron chi connectivity index (χ3n) is 2.05. The van der Waals surface area contributed by atoms with Crippen molar-refractivity contribution in [1.29, 1.82) is 0 Å². The Hall–Kier alpha value is -1.01. The minimum absolute atomic E-state index is 0.749. The number of halogens is 1. The monoisotopic (exact) mass is 192 g/mol. The predicted octanol–water partition coefficient (Wildman–Crippen LogP) is 4.32. The molecular weight excluding hydrogens is 180 g/mol. The highest BCUT2D eigenvalue weighted by molar-refractivity contribution is 6.30. The lowest BCUT2D eigenvalue weighted by Gasteiger charge is -2.06. The van der Waals surface area contributed by atoms with E-state index in [1.807, 2.05) is 24.3 Å². The third kappa shape index (κ3) is 2.46. The minimum Gasteiger partial charge on any atom is -0.0952 e. The van der Waals surface area contributed by atoms with Crippen molar-refractivity contribution in [2.75, 3.05) is 0 Å². The first-order valence-corrected chi connectivity index (χ1v) is 4.66. The van der Waals surface area contributed by atoms with Gasteiger partial charge in [-0.3, -0.25) is 0 Å². The van der Waals surface area contributed by atoms with Gasteiger partial charge in [-0.2, -0.15) is 0 Å². The van der Waals surface area contributed by atoms with Gasteiger partial charge < -0.3 is 0 Å². The summed E-state index contributed by atoms with van der Waals surface area (Å²) in [6, 6.07) is 7.66. The molecule has 0 fully saturated rings. The molecule has 0 spiro atoms. The summed E-state index contributed by atoms with van der Waals surface area (Å²) in [5.74, 6) is 0. The lowest BCUT2D eigenvalue weighted by molar-refractivity contribution is 1.17. The standard InChI is InChI=1S/C12H13Cl/c1-4-9(2)10(3)11-5-7-12(13)8-6-11/h5-8H,2-4H2,1H3. The van der Waals surface area contributed by atoms with Crippen molar-refractivity contribution >= 4 is 17.2 Å². The third-order valence-corrected chi connectivity index (χ3v) is 2.30. The SMILES string of the molecule is C=C(CC)C(=C)c1ccc(Cl)cc1. The number of rotatable bonds is 3. The Balaban J connectivity index is 2.90. The number of benzene rings is 1. The van der Waals surface area contributed by atoms with Gasteiger partial charge in [0.1, 0.15) is 0 Å². The molecular formula is C12H13Cl. The molecule has 0 aliphatic heterocycles. The molecule has 68 valence electrons. The normalized spacial score (nSPS) is 9.69. The Labute approximate surface area is 84.5 Å². The zero-order chi connectivity index (χ0) is 9.84. The maximum Gasteiger partial charge on any atom is 0.0406 e. The molecule has 1 rings (SSSR count). The number of hydrogen-bond donors (Lipinski definition) is 0. The molecule has 0 aliphatic carbocycles. The highest BCUT2D eigenvalue weighted by Crippen LogP contribution is 2.23. The van der Waals surface area contributed by atoms with E-state index >= 15 is 0 Å². The molecule has 1 aromatic rings. The van der Waals surface area contributed by atoms with Crippen LogP contribution < -0.4 is 0 Å². The summed E-state index contributed by atoms with van der Waals surface area (Å²) in [5, 5.41) is 0.749. The van der Waals surface area contributed by atoms with E-state index in [1.54, 1.807) is 0 Å². The summed E-state index contributed by atoms with van der Waals surface area (Å²) >= 11 is 5.78. The molecule has 0 aliphatic rings. The zero-order valence-electron chi connectivity index (χ0n) is 7.81. The average molecular weight is 193 g/mol. The second-order valence-corrected chi connectivity index (χ2v) is 3.38. The van der Waals surface area contributed by atoms with Crippen LogP contribution in [0.5, 0.6) is 0 Å². The van der Waals surface area contributed by atoms with Crippen LogP contribution >= 0.6 is 11.6 Å². The van der Waals surface area contributed by atoms with Crippen LogP contribution in [0, 0.1) is 0 Å². The minimum atomic E-state index is 0.749. The van der Waals surface area contributed by atoms with Crippen molar-refractivity contribution in [3.05, 3.63) is 53.6 Å². The van der Waals surface area contributed by atoms with Crippen LogP contribution in [0.1, 0.15) is 18.9 Å². The maximum atomic E-state index is 5.78. The Morgan fingerprint density at radius 3 is 2.23 bits per heavy atom. The van der Waals surface area contributed by atoms with Crippen LogP contribution in [-0.2, 0) is 0 Å². The van der Waals surface area contributed by atoms with E-state index in [-0.39, 0.29) is 0 Å². The molecule has 1 aromatic carbocycles. The van der Waals surface area contributed by atoms with Gasteiger partial charge in [-0.05, 0) is 35.3 Å². The largest absolute Gasteiger partial charge is 0.0952 e. The molecule has 1 heteroatoms. The van der Waals surface area contributed by atoms with E-state index in [1.165, 1.54) is 0 Å². The van der Waals surface area contributed by atoms with Gasteiger partial charge in [0.15, 0.2) is 0 Å². The van der Waals surface area contributed by atoms with Crippen LogP contribution in [0.2, 0.25) is 5.02 Å². The fraction of sp³-hybridized carbons (Fsp3) is 0.167. The molecule has 0 heterocycles. The lowest BCUT2D eigenvalue weighted by Crippen LogP contribution is -1.85. The van der Waals surface area contributed by atoms with E-state index in [0.717, 1.165) is 28.2 Å². The first kappa shape index (κ1) is 10.1. The summed E-state index contributed by atoms with van der Waals surface area (Å²) < 4.78 is 0. The van der Waals surface area contributed by atoms with Crippen LogP contribution in [0.15, 0.2) is 43.0 Å². The second kappa shape index (κ2) is 4.29. The lowest BCUT2D eigenvalue weighted by atomic mass is 9.99. The molecule has 0 amide bonds. The first-order valence-electron chi connectivity index (χ1n) is 4.28. The fourth-order valence-corrected chi connectivity index (χ4v) is 1.19. The van der Waals surface area contributed by atoms with E-state index in [4.69, 9.17) is 11.6 Å². The van der Waals surface area contributed by atoms with Crippen molar-refractivity contribution in [2.45, 2.75) is 13.3 Å². The molecule has 0 N–H and O–H groups in total. The Kier molecular flexibility index (Phi) is 3.32. The Bertz CT molecular complexity index is 319. The topological polar surface area (TPSA) is 0 Å². The summed E-state index contributed by atoms with van der Waals surface area (Å²) in [6.45, 7) is 9.99. The summed E-state index contributed by atoms with van der Waals surface area (Å²) in [7, 11) is 0. The summed E-state index contributed by atoms with van der Waals surface area (Å²) in [5.41, 5.74) is 3.16. The van der Waals surface area contributed by atoms with Crippen molar-refractivity contribution in [1.82, 2.24) is 0 Å². The van der Waals surface area contributed by atoms with E-state index in [9.17, 15) is 0 Å². The van der Waals surface area contributed by atoms with Gasteiger partial charge in [-0.25, -0.2) is 0 Å². The zero-order valence-corrected chi connectivity index (χ0v) is 8.56. The molecule has 0 bridgehead atoms. The second-order valence-electron chi connectivity index (χ2n) is 2.94. The van der Waals surface area contributed by atoms with Gasteiger partial charge in [-0.15, -0.1) is 0 Å². The smallest absolute Gasteiger partial charge is 0.0406 e. The fourth-order valence-electron chi connectivity index (χ4n) is 1.07. The van der Waals surface area contributed by atoms with Gasteiger partial charge in [0.25, 0.3) is 0 Å². The van der Waals surface area contributed by atoms with E-state index < -0.39 is 0 Å². The van der Waals surface area contributed by atoms with E-state index in [2.05, 4.69) is 20.1 Å². The molecule has 0 atom stereocenters. The highest BCUT2D eigenvalue weighted by Gasteiger charge is 2.00. The van der Waals surface area contributed by atoms with Crippen LogP contribution in [0.3, 0.4) is 0 Å². The molecule has 0 radical (unpaired) electrons. The van der Waals surface area contributed by atoms with Gasteiger partial charge in [0.05, 0.1) is 0 Å². The van der Waals surface area contributed by atoms with Crippen molar-refractivity contribution in [3.63, 3.8) is 0 Å². The summed E-state index contributed by atoms with van der Waals surface area (Å²) in [6.07, 6.45) is 0.932. The van der Waals surface area contributed by atoms with Gasteiger partial charge in [0, 0.05) is 5.02 Å². The van der Waals surface area contributed by atoms with Crippen molar-refractivity contribution < 1.29 is 0 Å². The highest BCUT2D eigenvalue weighted by atomic mass is 35.5. The van der Waals surface area contributed by atoms with Crippen molar-refractivity contribution in [2.24, 2.45) is 0 Å². The molecule has 13 heavy (non-hydrogen) atoms. The van der Waals surface area contributed by atoms with Gasteiger partial charge >= 0.3 is 0 Å². The Morgan fingerprint density at radius 1 is 1.23 bits per heavy atom. The molecule has 0 nitrogen and oxygen atoms in total. The predicted molar refractivity (Wildman–Crippen MR) is 59.9 cm³/mol. The maximum absolute atomic E-state index is 5.78. The van der Waals surface area contributed by atoms with Crippen LogP contribution in [0.4, 0.5) is 0 Å². The Morgan fingerprint density at radius 2 is 1.77 bits per heavy atom. The van der Waals surface area contributed by atoms with Crippen molar-refractivity contribution in [3.8, 4) is 0 Å². The first-order chi connectivity index (χ1) is 6.15. The quantitative estimate of drug-likeness (QED) is 0.626. The average Bonchev–Trinajstić information content (AvgIpc) is 2.17. The molecule has 0 saturated heterocycles. The van der Waals surface area contributed by atoms with Gasteiger partial charge in [-0.1, -0.05) is 43.8 Å². The van der Waals surface area contributed by atoms with Gasteiger partial charge in [0.2, 0.25) is 0 Å². The summed E-state index contributed by atoms with van der Waals surface area (Å²) in [4.78, 5) is 0. The molecule has 0 unspecified atom stereocenters. The molecule has 0 aromatic heterocycles. The number of hydrogen-bond acceptors (Lipinski definition) is 0. The number of allylic oxidation sites excluding steroid dienone is 2.